The Kier molecular flexibility index (Phi) is 25.9. The van der Waals surface area contributed by atoms with Gasteiger partial charge in [0.2, 0.25) is 0 Å². The predicted molar refractivity (Wildman–Crippen MR) is 292 cm³/mol. The van der Waals surface area contributed by atoms with Crippen LogP contribution in [0.15, 0.2) is 140 Å². The van der Waals surface area contributed by atoms with Gasteiger partial charge in [-0.3, -0.25) is 9.59 Å². The molecule has 18 heteroatoms. The fourth-order valence-corrected chi connectivity index (χ4v) is 9.86. The van der Waals surface area contributed by atoms with Crippen molar-refractivity contribution in [1.82, 2.24) is 5.32 Å². The number of cyclic esters (lactones) is 1. The third-order valence-corrected chi connectivity index (χ3v) is 14.6. The summed E-state index contributed by atoms with van der Waals surface area (Å²) in [5.41, 5.74) is 2.95. The van der Waals surface area contributed by atoms with E-state index in [1.807, 2.05) is 91.9 Å². The average molecular weight is 1090 g/mol. The van der Waals surface area contributed by atoms with Crippen molar-refractivity contribution < 1.29 is 84.7 Å². The van der Waals surface area contributed by atoms with E-state index < -0.39 is 147 Å². The van der Waals surface area contributed by atoms with Gasteiger partial charge in [-0.2, -0.15) is 0 Å². The maximum atomic E-state index is 12.8. The van der Waals surface area contributed by atoms with Crippen molar-refractivity contribution in [2.24, 2.45) is 17.8 Å². The molecule has 3 aliphatic heterocycles. The largest absolute Gasteiger partial charge is 0.481 e. The van der Waals surface area contributed by atoms with E-state index in [0.717, 1.165) is 16.7 Å². The van der Waals surface area contributed by atoms with Crippen LogP contribution in [0.5, 0.6) is 0 Å². The van der Waals surface area contributed by atoms with Crippen LogP contribution in [0.25, 0.3) is 11.1 Å². The van der Waals surface area contributed by atoms with Crippen molar-refractivity contribution in [2.75, 3.05) is 0 Å². The minimum atomic E-state index is -2.35. The standard InChI is InChI=1S/C60H83NO17/c1-37-20-16-13-11-9-7-5-6-8-10-12-14-19-23-47(77-59-57(71)54(56(70)40(4)76-59)61-36-41-24-26-43(27-25-41)42-21-17-15-18-22-42)33-51-53(58(72)73)50(67)35-60(74,78-51)34-46(64)31-49(66)48(65)29-28-44(62)30-45(63)32-52(68)75-39(3)38(2)55(37)69/h5-27,37-40,44-51,53-57,59,61-67,69-71,74H,28-36H2,1-4H3,(H,72,73)/b6-5+,9-7+,10-8+,13-11+,14-12+,20-16+,23-19+/t37-,38-,39-,40-,44+,45+,46-,47-,48+,49+,50-,51-,53+,54-,55+,56+,57-,59-,60+/m0/s1. The Morgan fingerprint density at radius 2 is 1.22 bits per heavy atom. The van der Waals surface area contributed by atoms with Gasteiger partial charge < -0.3 is 80.4 Å². The van der Waals surface area contributed by atoms with Crippen LogP contribution in [0.1, 0.15) is 84.6 Å². The normalized spacial score (nSPS) is 39.8. The lowest BCUT2D eigenvalue weighted by Crippen LogP contribution is -2.63. The maximum Gasteiger partial charge on any atom is 0.311 e. The summed E-state index contributed by atoms with van der Waals surface area (Å²) >= 11 is 0. The number of fused-ring (bicyclic) bond motifs is 2. The molecule has 5 rings (SSSR count). The van der Waals surface area contributed by atoms with E-state index >= 15 is 0 Å². The minimum absolute atomic E-state index is 0.112. The first-order chi connectivity index (χ1) is 37.1. The number of aliphatic hydroxyl groups excluding tert-OH is 9. The number of carboxylic acid groups (broad SMARTS) is 1. The summed E-state index contributed by atoms with van der Waals surface area (Å²) in [5.74, 6) is -6.88. The second kappa shape index (κ2) is 31.7. The molecule has 3 aliphatic rings. The van der Waals surface area contributed by atoms with Crippen LogP contribution in [0, 0.1) is 17.8 Å². The number of nitrogens with one attached hydrogen (secondary N) is 1. The molecule has 2 saturated heterocycles. The smallest absolute Gasteiger partial charge is 0.311 e. The van der Waals surface area contributed by atoms with Crippen molar-refractivity contribution in [3.8, 4) is 11.1 Å². The first kappa shape index (κ1) is 63.8. The van der Waals surface area contributed by atoms with Crippen molar-refractivity contribution in [1.29, 1.82) is 0 Å². The third-order valence-electron chi connectivity index (χ3n) is 14.6. The summed E-state index contributed by atoms with van der Waals surface area (Å²) in [7, 11) is 0. The van der Waals surface area contributed by atoms with Crippen molar-refractivity contribution >= 4 is 11.9 Å². The summed E-state index contributed by atoms with van der Waals surface area (Å²) in [6.07, 6.45) is 3.63. The van der Waals surface area contributed by atoms with Gasteiger partial charge in [0.25, 0.3) is 0 Å². The molecule has 19 atom stereocenters. The Morgan fingerprint density at radius 1 is 0.628 bits per heavy atom. The lowest BCUT2D eigenvalue weighted by Gasteiger charge is -2.45. The van der Waals surface area contributed by atoms with Gasteiger partial charge in [-0.1, -0.05) is 154 Å². The highest BCUT2D eigenvalue weighted by molar-refractivity contribution is 5.72. The van der Waals surface area contributed by atoms with Crippen LogP contribution in [0.2, 0.25) is 0 Å². The fourth-order valence-electron chi connectivity index (χ4n) is 9.86. The molecule has 0 aromatic heterocycles. The SMILES string of the molecule is C[C@@H]1[C@H](O)[C@@H](C)/C=C/C=C/C=C/C=C/C=C/C=C/C=C/[C@H](O[C@@H]2O[C@@H](C)[C@@H](O)[C@H](NCc3ccc(-c4ccccc4)cc3)[C@@H]2O)C[C@@H]2O[C@](O)(C[C@@H](O)C[C@@H](O)[C@H](O)CC[C@@H](O)C[C@@H](O)CC(=O)O[C@H]1C)C[C@H](O)[C@H]2C(=O)O. The molecule has 0 aliphatic carbocycles. The highest BCUT2D eigenvalue weighted by Gasteiger charge is 2.51. The molecule has 2 aromatic carbocycles. The number of carboxylic acids is 1. The van der Waals surface area contributed by atoms with Crippen molar-refractivity contribution in [2.45, 2.75) is 183 Å². The molecule has 12 N–H and O–H groups in total. The van der Waals surface area contributed by atoms with Crippen molar-refractivity contribution in [3.05, 3.63) is 145 Å². The van der Waals surface area contributed by atoms with E-state index in [2.05, 4.69) is 5.32 Å². The van der Waals surface area contributed by atoms with Crippen LogP contribution in [-0.4, -0.2) is 166 Å². The summed E-state index contributed by atoms with van der Waals surface area (Å²) < 4.78 is 23.9. The molecule has 3 heterocycles. The van der Waals surface area contributed by atoms with Gasteiger partial charge in [-0.25, -0.2) is 0 Å². The summed E-state index contributed by atoms with van der Waals surface area (Å²) in [6.45, 7) is 7.11. The van der Waals surface area contributed by atoms with Gasteiger partial charge in [0, 0.05) is 44.1 Å². The molecule has 2 aromatic rings. The second-order valence-corrected chi connectivity index (χ2v) is 21.0. The Morgan fingerprint density at radius 3 is 1.83 bits per heavy atom. The van der Waals surface area contributed by atoms with E-state index in [0.29, 0.717) is 0 Å². The molecule has 0 unspecified atom stereocenters. The Labute approximate surface area is 457 Å². The number of benzene rings is 2. The molecule has 18 nitrogen and oxygen atoms in total. The second-order valence-electron chi connectivity index (χ2n) is 21.0. The van der Waals surface area contributed by atoms with Crippen LogP contribution >= 0.6 is 0 Å². The van der Waals surface area contributed by atoms with Gasteiger partial charge in [0.15, 0.2) is 12.1 Å². The zero-order valence-corrected chi connectivity index (χ0v) is 44.9. The number of carbonyl (C=O) groups excluding carboxylic acids is 1. The van der Waals surface area contributed by atoms with Crippen LogP contribution in [0.4, 0.5) is 0 Å². The fraction of sp³-hybridized carbons (Fsp3) is 0.533. The monoisotopic (exact) mass is 1090 g/mol. The Hall–Kier alpha value is -5.00. The molecule has 2 bridgehead atoms. The molecule has 0 amide bonds. The summed E-state index contributed by atoms with van der Waals surface area (Å²) in [6, 6.07) is 16.7. The zero-order valence-electron chi connectivity index (χ0n) is 44.9. The van der Waals surface area contributed by atoms with Crippen LogP contribution in [-0.2, 0) is 35.1 Å². The number of rotatable bonds is 7. The number of ether oxygens (including phenoxy) is 4. The van der Waals surface area contributed by atoms with Crippen LogP contribution < -0.4 is 5.32 Å². The van der Waals surface area contributed by atoms with E-state index in [4.69, 9.17) is 18.9 Å². The Bertz CT molecular complexity index is 2340. The van der Waals surface area contributed by atoms with E-state index in [-0.39, 0.29) is 38.1 Å². The molecule has 430 valence electrons. The van der Waals surface area contributed by atoms with Gasteiger partial charge >= 0.3 is 11.9 Å². The highest BCUT2D eigenvalue weighted by atomic mass is 16.7. The van der Waals surface area contributed by atoms with Gasteiger partial charge in [-0.05, 0) is 49.8 Å². The lowest BCUT2D eigenvalue weighted by atomic mass is 9.82. The molecular weight excluding hydrogens is 1010 g/mol. The highest BCUT2D eigenvalue weighted by Crippen LogP contribution is 2.38. The first-order valence-corrected chi connectivity index (χ1v) is 27.0. The van der Waals surface area contributed by atoms with E-state index in [1.54, 1.807) is 75.5 Å². The van der Waals surface area contributed by atoms with Gasteiger partial charge in [0.1, 0.15) is 18.1 Å². The minimum Gasteiger partial charge on any atom is -0.481 e. The van der Waals surface area contributed by atoms with Gasteiger partial charge in [-0.15, -0.1) is 0 Å². The third kappa shape index (κ3) is 20.3. The number of allylic oxidation sites excluding steroid dienone is 12. The van der Waals surface area contributed by atoms with Crippen molar-refractivity contribution in [3.63, 3.8) is 0 Å². The number of aliphatic carboxylic acids is 1. The molecule has 78 heavy (non-hydrogen) atoms. The number of hydrogen-bond acceptors (Lipinski definition) is 17. The first-order valence-electron chi connectivity index (χ1n) is 27.0. The zero-order chi connectivity index (χ0) is 56.9. The molecule has 0 radical (unpaired) electrons. The molecule has 0 saturated carbocycles. The predicted octanol–water partition coefficient (Wildman–Crippen LogP) is 4.21. The molecule has 2 fully saturated rings. The Balaban J connectivity index is 1.35. The number of carbonyl (C=O) groups is 2. The van der Waals surface area contributed by atoms with Gasteiger partial charge in [0.05, 0.1) is 79.6 Å². The number of esters is 1. The topological polar surface area (TPSA) is 306 Å². The van der Waals surface area contributed by atoms with E-state index in [1.165, 1.54) is 0 Å². The lowest BCUT2D eigenvalue weighted by molar-refractivity contribution is -0.309. The molecule has 0 spiro atoms. The molecular formula is C60H83NO17. The maximum absolute atomic E-state index is 12.8. The number of aliphatic hydroxyl groups is 10. The van der Waals surface area contributed by atoms with Crippen LogP contribution in [0.3, 0.4) is 0 Å². The van der Waals surface area contributed by atoms with E-state index in [9.17, 15) is 65.8 Å². The quantitative estimate of drug-likeness (QED) is 0.173. The average Bonchev–Trinajstić information content (AvgIpc) is 3.41. The summed E-state index contributed by atoms with van der Waals surface area (Å²) in [5, 5.41) is 125. The summed E-state index contributed by atoms with van der Waals surface area (Å²) in [4.78, 5) is 25.5. The number of hydrogen-bond donors (Lipinski definition) is 12.